The van der Waals surface area contributed by atoms with Crippen LogP contribution in [-0.2, 0) is 4.79 Å². The lowest BCUT2D eigenvalue weighted by Gasteiger charge is -2.06. The smallest absolute Gasteiger partial charge is 0.224 e. The molecule has 10 nitrogen and oxygen atoms in total. The number of imidazole rings is 1. The minimum absolute atomic E-state index is 0.0693. The Bertz CT molecular complexity index is 1690. The molecule has 0 aliphatic carbocycles. The van der Waals surface area contributed by atoms with Gasteiger partial charge in [-0.05, 0) is 30.3 Å². The number of pyridine rings is 4. The Morgan fingerprint density at radius 1 is 0.914 bits per heavy atom. The predicted octanol–water partition coefficient (Wildman–Crippen LogP) is 4.37. The molecule has 0 bridgehead atoms. The van der Waals surface area contributed by atoms with Crippen molar-refractivity contribution in [3.8, 4) is 33.9 Å². The number of H-pyrrole nitrogens is 2. The maximum atomic E-state index is 11.8. The van der Waals surface area contributed by atoms with Crippen LogP contribution in [0.25, 0.3) is 56.0 Å². The second-order valence-corrected chi connectivity index (χ2v) is 7.93. The normalized spacial score (nSPS) is 11.2. The van der Waals surface area contributed by atoms with E-state index in [-0.39, 0.29) is 5.91 Å². The Balaban J connectivity index is 1.43. The highest BCUT2D eigenvalue weighted by Gasteiger charge is 2.17. The summed E-state index contributed by atoms with van der Waals surface area (Å²) in [4.78, 5) is 37.4. The summed E-state index contributed by atoms with van der Waals surface area (Å²) in [5.41, 5.74) is 6.89. The molecule has 1 amide bonds. The van der Waals surface area contributed by atoms with Crippen molar-refractivity contribution in [3.05, 3.63) is 67.5 Å². The fourth-order valence-corrected chi connectivity index (χ4v) is 3.93. The quantitative estimate of drug-likeness (QED) is 0.346. The summed E-state index contributed by atoms with van der Waals surface area (Å²) in [6.45, 7) is 1.80. The molecular formula is C25H19N9O. The molecule has 0 aliphatic heterocycles. The summed E-state index contributed by atoms with van der Waals surface area (Å²) in [6.07, 6.45) is 10.7. The molecule has 6 aromatic heterocycles. The molecule has 6 heterocycles. The minimum atomic E-state index is -0.0693. The molecule has 3 N–H and O–H groups in total. The Morgan fingerprint density at radius 3 is 2.63 bits per heavy atom. The third-order valence-electron chi connectivity index (χ3n) is 5.67. The van der Waals surface area contributed by atoms with Gasteiger partial charge in [0.05, 0.1) is 28.5 Å². The van der Waals surface area contributed by atoms with E-state index < -0.39 is 0 Å². The molecular weight excluding hydrogens is 442 g/mol. The predicted molar refractivity (Wildman–Crippen MR) is 132 cm³/mol. The second-order valence-electron chi connectivity index (χ2n) is 7.93. The number of hydrogen-bond acceptors (Lipinski definition) is 7. The maximum Gasteiger partial charge on any atom is 0.224 e. The summed E-state index contributed by atoms with van der Waals surface area (Å²) in [6, 6.07) is 9.55. The highest BCUT2D eigenvalue weighted by atomic mass is 16.1. The summed E-state index contributed by atoms with van der Waals surface area (Å²) in [5, 5.41) is 11.1. The van der Waals surface area contributed by atoms with Gasteiger partial charge in [-0.1, -0.05) is 6.92 Å². The van der Waals surface area contributed by atoms with Gasteiger partial charge >= 0.3 is 0 Å². The molecule has 0 saturated carbocycles. The highest BCUT2D eigenvalue weighted by molar-refractivity contribution is 5.96. The second kappa shape index (κ2) is 8.41. The Kier molecular flexibility index (Phi) is 4.95. The van der Waals surface area contributed by atoms with Gasteiger partial charge in [0, 0.05) is 54.1 Å². The lowest BCUT2D eigenvalue weighted by atomic mass is 10.1. The van der Waals surface area contributed by atoms with Crippen LogP contribution in [0.5, 0.6) is 0 Å². The van der Waals surface area contributed by atoms with Crippen LogP contribution in [0.15, 0.2) is 67.5 Å². The van der Waals surface area contributed by atoms with Crippen LogP contribution < -0.4 is 5.32 Å². The van der Waals surface area contributed by atoms with Crippen molar-refractivity contribution in [1.29, 1.82) is 0 Å². The fraction of sp³-hybridized carbons (Fsp3) is 0.0800. The third kappa shape index (κ3) is 3.76. The van der Waals surface area contributed by atoms with E-state index in [2.05, 4.69) is 40.4 Å². The van der Waals surface area contributed by atoms with Gasteiger partial charge in [-0.3, -0.25) is 24.8 Å². The molecule has 0 unspecified atom stereocenters. The van der Waals surface area contributed by atoms with Gasteiger partial charge in [0.2, 0.25) is 5.91 Å². The number of carbonyl (C=O) groups is 1. The molecule has 0 aromatic carbocycles. The van der Waals surface area contributed by atoms with Crippen LogP contribution >= 0.6 is 0 Å². The number of hydrogen-bond donors (Lipinski definition) is 3. The van der Waals surface area contributed by atoms with E-state index in [4.69, 9.17) is 4.98 Å². The highest BCUT2D eigenvalue weighted by Crippen LogP contribution is 2.31. The van der Waals surface area contributed by atoms with Crippen molar-refractivity contribution in [2.75, 3.05) is 5.32 Å². The summed E-state index contributed by atoms with van der Waals surface area (Å²) in [5.74, 6) is 0.538. The minimum Gasteiger partial charge on any atom is -0.336 e. The topological polar surface area (TPSA) is 138 Å². The summed E-state index contributed by atoms with van der Waals surface area (Å²) >= 11 is 0. The van der Waals surface area contributed by atoms with Gasteiger partial charge in [-0.2, -0.15) is 5.10 Å². The number of rotatable bonds is 5. The average Bonchev–Trinajstić information content (AvgIpc) is 3.53. The largest absolute Gasteiger partial charge is 0.336 e. The van der Waals surface area contributed by atoms with E-state index in [9.17, 15) is 4.79 Å². The number of nitrogens with zero attached hydrogens (tertiary/aromatic N) is 6. The van der Waals surface area contributed by atoms with Gasteiger partial charge in [0.15, 0.2) is 11.5 Å². The molecule has 0 aliphatic rings. The Hall–Kier alpha value is -4.99. The van der Waals surface area contributed by atoms with Crippen molar-refractivity contribution in [2.24, 2.45) is 0 Å². The zero-order valence-corrected chi connectivity index (χ0v) is 18.6. The third-order valence-corrected chi connectivity index (χ3v) is 5.67. The van der Waals surface area contributed by atoms with Crippen LogP contribution in [0.1, 0.15) is 13.3 Å². The van der Waals surface area contributed by atoms with Gasteiger partial charge in [0.1, 0.15) is 11.2 Å². The number of anilines is 1. The molecule has 0 radical (unpaired) electrons. The number of aromatic nitrogens is 8. The lowest BCUT2D eigenvalue weighted by Crippen LogP contribution is -2.09. The Morgan fingerprint density at radius 2 is 1.77 bits per heavy atom. The summed E-state index contributed by atoms with van der Waals surface area (Å²) < 4.78 is 0. The van der Waals surface area contributed by atoms with E-state index in [0.717, 1.165) is 38.8 Å². The number of fused-ring (bicyclic) bond motifs is 2. The first-order valence-electron chi connectivity index (χ1n) is 11.0. The van der Waals surface area contributed by atoms with Crippen LogP contribution in [0, 0.1) is 0 Å². The van der Waals surface area contributed by atoms with Gasteiger partial charge < -0.3 is 10.3 Å². The lowest BCUT2D eigenvalue weighted by molar-refractivity contribution is -0.115. The SMILES string of the molecule is CCC(=O)Nc1cncc(-c2cnc3[nH]nc(-c4nc5c(-c6ccncc6)nccc5[nH]4)c3c2)c1. The van der Waals surface area contributed by atoms with E-state index in [1.54, 1.807) is 44.1 Å². The summed E-state index contributed by atoms with van der Waals surface area (Å²) in [7, 11) is 0. The van der Waals surface area contributed by atoms with Crippen molar-refractivity contribution < 1.29 is 4.79 Å². The molecule has 6 aromatic rings. The van der Waals surface area contributed by atoms with Crippen LogP contribution in [-0.4, -0.2) is 46.0 Å². The van der Waals surface area contributed by atoms with Crippen LogP contribution in [0.4, 0.5) is 5.69 Å². The first-order valence-corrected chi connectivity index (χ1v) is 11.0. The molecule has 10 heteroatoms. The van der Waals surface area contributed by atoms with Crippen molar-refractivity contribution in [1.82, 2.24) is 40.1 Å². The first kappa shape index (κ1) is 20.6. The average molecular weight is 461 g/mol. The molecule has 6 rings (SSSR count). The van der Waals surface area contributed by atoms with Crippen LogP contribution in [0.3, 0.4) is 0 Å². The number of carbonyl (C=O) groups excluding carboxylic acids is 1. The first-order chi connectivity index (χ1) is 17.2. The molecule has 0 saturated heterocycles. The zero-order valence-electron chi connectivity index (χ0n) is 18.6. The zero-order chi connectivity index (χ0) is 23.8. The van der Waals surface area contributed by atoms with E-state index >= 15 is 0 Å². The van der Waals surface area contributed by atoms with Crippen molar-refractivity contribution in [2.45, 2.75) is 13.3 Å². The van der Waals surface area contributed by atoms with Gasteiger partial charge in [-0.15, -0.1) is 0 Å². The number of nitrogens with one attached hydrogen (secondary N) is 3. The maximum absolute atomic E-state index is 11.8. The standard InChI is InChI=1S/C25H19N9O/c1-2-20(35)30-17-9-15(11-27-13-17)16-10-18-22(33-34-24(18)29-12-16)25-31-19-5-8-28-21(23(19)32-25)14-3-6-26-7-4-14/h3-13H,2H2,1H3,(H,30,35)(H,31,32)(H,29,33,34). The molecule has 0 fully saturated rings. The number of amides is 1. The molecule has 35 heavy (non-hydrogen) atoms. The number of aromatic amines is 2. The van der Waals surface area contributed by atoms with Gasteiger partial charge in [0.25, 0.3) is 0 Å². The van der Waals surface area contributed by atoms with Gasteiger partial charge in [-0.25, -0.2) is 9.97 Å². The Labute approximate surface area is 198 Å². The van der Waals surface area contributed by atoms with Crippen molar-refractivity contribution in [3.63, 3.8) is 0 Å². The fourth-order valence-electron chi connectivity index (χ4n) is 3.93. The van der Waals surface area contributed by atoms with E-state index in [1.165, 1.54) is 0 Å². The molecule has 0 spiro atoms. The van der Waals surface area contributed by atoms with E-state index in [1.807, 2.05) is 30.3 Å². The van der Waals surface area contributed by atoms with Crippen molar-refractivity contribution >= 4 is 33.7 Å². The molecule has 170 valence electrons. The van der Waals surface area contributed by atoms with E-state index in [0.29, 0.717) is 29.3 Å². The molecule has 0 atom stereocenters. The monoisotopic (exact) mass is 461 g/mol. The van der Waals surface area contributed by atoms with Crippen LogP contribution in [0.2, 0.25) is 0 Å².